The summed E-state index contributed by atoms with van der Waals surface area (Å²) in [5, 5.41) is 8.85. The fraction of sp³-hybridized carbons (Fsp3) is 0.231. The molecule has 0 radical (unpaired) electrons. The van der Waals surface area contributed by atoms with E-state index in [1.165, 1.54) is 6.20 Å². The van der Waals surface area contributed by atoms with Crippen LogP contribution in [-0.2, 0) is 6.42 Å². The predicted molar refractivity (Wildman–Crippen MR) is 66.6 cm³/mol. The molecule has 0 bridgehead atoms. The minimum absolute atomic E-state index is 0.00255. The van der Waals surface area contributed by atoms with Gasteiger partial charge in [-0.1, -0.05) is 13.0 Å². The van der Waals surface area contributed by atoms with Crippen molar-refractivity contribution in [1.29, 1.82) is 0 Å². The number of carboxylic acids is 1. The minimum atomic E-state index is -2.99. The number of hydrogen-bond donors (Lipinski definition) is 1. The number of alkyl halides is 2. The van der Waals surface area contributed by atoms with E-state index < -0.39 is 23.7 Å². The van der Waals surface area contributed by atoms with Crippen LogP contribution in [0.3, 0.4) is 0 Å². The molecular weight excluding hydrogens is 268 g/mol. The summed E-state index contributed by atoms with van der Waals surface area (Å²) in [6.07, 6.45) is 0.0410. The van der Waals surface area contributed by atoms with E-state index in [1.54, 1.807) is 12.1 Å². The first-order chi connectivity index (χ1) is 9.54. The van der Waals surface area contributed by atoms with Gasteiger partial charge in [0.25, 0.3) is 6.43 Å². The van der Waals surface area contributed by atoms with Crippen LogP contribution in [0.25, 0.3) is 11.5 Å². The molecule has 2 rings (SSSR count). The second-order valence-corrected chi connectivity index (χ2v) is 3.96. The van der Waals surface area contributed by atoms with Crippen molar-refractivity contribution in [1.82, 2.24) is 15.0 Å². The van der Waals surface area contributed by atoms with Crippen molar-refractivity contribution in [3.05, 3.63) is 41.3 Å². The topological polar surface area (TPSA) is 76.0 Å². The number of nitrogens with zero attached hydrogens (tertiary/aromatic N) is 3. The van der Waals surface area contributed by atoms with Gasteiger partial charge in [0, 0.05) is 12.4 Å². The van der Waals surface area contributed by atoms with Gasteiger partial charge in [0.2, 0.25) is 0 Å². The molecule has 1 N–H and O–H groups in total. The smallest absolute Gasteiger partial charge is 0.339 e. The molecule has 0 atom stereocenters. The highest BCUT2D eigenvalue weighted by Crippen LogP contribution is 2.24. The molecular formula is C13H11F2N3O2. The number of pyridine rings is 1. The van der Waals surface area contributed by atoms with Crippen molar-refractivity contribution in [2.24, 2.45) is 0 Å². The number of hydrogen-bond acceptors (Lipinski definition) is 4. The van der Waals surface area contributed by atoms with Crippen LogP contribution in [0.4, 0.5) is 8.78 Å². The lowest BCUT2D eigenvalue weighted by atomic mass is 10.1. The first-order valence-electron chi connectivity index (χ1n) is 5.87. The monoisotopic (exact) mass is 279 g/mol. The Hall–Kier alpha value is -2.44. The fourth-order valence-corrected chi connectivity index (χ4v) is 1.77. The third-order valence-corrected chi connectivity index (χ3v) is 2.74. The lowest BCUT2D eigenvalue weighted by Gasteiger charge is -2.08. The second kappa shape index (κ2) is 5.68. The van der Waals surface area contributed by atoms with Gasteiger partial charge in [0.15, 0.2) is 5.82 Å². The molecule has 0 fully saturated rings. The van der Waals surface area contributed by atoms with Crippen LogP contribution in [0.2, 0.25) is 0 Å². The van der Waals surface area contributed by atoms with Gasteiger partial charge in [-0.15, -0.1) is 0 Å². The molecule has 7 heteroatoms. The summed E-state index contributed by atoms with van der Waals surface area (Å²) in [7, 11) is 0. The van der Waals surface area contributed by atoms with Crippen LogP contribution >= 0.6 is 0 Å². The molecule has 2 aromatic rings. The molecule has 0 saturated heterocycles. The maximum absolute atomic E-state index is 12.9. The van der Waals surface area contributed by atoms with Crippen LogP contribution in [0.5, 0.6) is 0 Å². The molecule has 2 aromatic heterocycles. The van der Waals surface area contributed by atoms with Gasteiger partial charge in [-0.25, -0.2) is 23.5 Å². The van der Waals surface area contributed by atoms with Crippen molar-refractivity contribution < 1.29 is 18.7 Å². The number of aromatic carboxylic acids is 1. The van der Waals surface area contributed by atoms with Gasteiger partial charge < -0.3 is 5.11 Å². The molecule has 0 aliphatic carbocycles. The maximum Gasteiger partial charge on any atom is 0.339 e. The average molecular weight is 279 g/mol. The Morgan fingerprint density at radius 2 is 2.15 bits per heavy atom. The van der Waals surface area contributed by atoms with Gasteiger partial charge in [0.05, 0.1) is 0 Å². The Morgan fingerprint density at radius 3 is 2.75 bits per heavy atom. The molecule has 5 nitrogen and oxygen atoms in total. The number of rotatable bonds is 4. The summed E-state index contributed by atoms with van der Waals surface area (Å²) in [6.45, 7) is 1.89. The number of halogens is 2. The van der Waals surface area contributed by atoms with Gasteiger partial charge in [0.1, 0.15) is 17.0 Å². The highest BCUT2D eigenvalue weighted by Gasteiger charge is 2.22. The number of aryl methyl sites for hydroxylation is 1. The number of aromatic nitrogens is 3. The highest BCUT2D eigenvalue weighted by atomic mass is 19.3. The largest absolute Gasteiger partial charge is 0.478 e. The molecule has 2 heterocycles. The van der Waals surface area contributed by atoms with Gasteiger partial charge in [-0.05, 0) is 18.1 Å². The van der Waals surface area contributed by atoms with E-state index in [4.69, 9.17) is 5.11 Å². The lowest BCUT2D eigenvalue weighted by molar-refractivity contribution is 0.0681. The molecule has 104 valence electrons. The van der Waals surface area contributed by atoms with Crippen LogP contribution in [-0.4, -0.2) is 26.0 Å². The van der Waals surface area contributed by atoms with Crippen molar-refractivity contribution in [3.8, 4) is 11.5 Å². The van der Waals surface area contributed by atoms with Gasteiger partial charge in [-0.2, -0.15) is 0 Å². The quantitative estimate of drug-likeness (QED) is 0.931. The van der Waals surface area contributed by atoms with Crippen LogP contribution in [0.1, 0.15) is 35.0 Å². The van der Waals surface area contributed by atoms with Crippen LogP contribution in [0.15, 0.2) is 24.5 Å². The summed E-state index contributed by atoms with van der Waals surface area (Å²) in [6, 6.07) is 3.51. The predicted octanol–water partition coefficient (Wildman–Crippen LogP) is 2.74. The summed E-state index contributed by atoms with van der Waals surface area (Å²) in [4.78, 5) is 22.4. The molecule has 0 aliphatic rings. The number of carbonyl (C=O) groups is 1. The molecule has 0 amide bonds. The van der Waals surface area contributed by atoms with E-state index in [0.29, 0.717) is 12.1 Å². The highest BCUT2D eigenvalue weighted by molar-refractivity contribution is 5.88. The zero-order chi connectivity index (χ0) is 14.7. The Labute approximate surface area is 113 Å². The molecule has 0 aromatic carbocycles. The standard InChI is InChI=1S/C13H11F2N3O2/c1-2-7-4-3-5-16-9(7)12-17-6-8(13(19)20)10(18-12)11(14)15/h3-6,11H,2H2,1H3,(H,19,20). The summed E-state index contributed by atoms with van der Waals surface area (Å²) < 4.78 is 25.8. The van der Waals surface area contributed by atoms with Crippen molar-refractivity contribution in [2.45, 2.75) is 19.8 Å². The van der Waals surface area contributed by atoms with Crippen LogP contribution in [0, 0.1) is 0 Å². The van der Waals surface area contributed by atoms with E-state index in [-0.39, 0.29) is 5.82 Å². The third-order valence-electron chi connectivity index (χ3n) is 2.74. The third kappa shape index (κ3) is 2.61. The SMILES string of the molecule is CCc1cccnc1-c1ncc(C(=O)O)c(C(F)F)n1. The molecule has 0 aliphatic heterocycles. The zero-order valence-corrected chi connectivity index (χ0v) is 10.5. The second-order valence-electron chi connectivity index (χ2n) is 3.96. The lowest BCUT2D eigenvalue weighted by Crippen LogP contribution is -2.09. The Bertz CT molecular complexity index is 647. The van der Waals surface area contributed by atoms with Crippen molar-refractivity contribution in [2.75, 3.05) is 0 Å². The van der Waals surface area contributed by atoms with E-state index in [2.05, 4.69) is 15.0 Å². The molecule has 0 spiro atoms. The Kier molecular flexibility index (Phi) is 3.97. The summed E-state index contributed by atoms with van der Waals surface area (Å²) in [5.41, 5.74) is -0.211. The average Bonchev–Trinajstić information content (AvgIpc) is 2.46. The normalized spacial score (nSPS) is 10.8. The molecule has 0 saturated carbocycles. The van der Waals surface area contributed by atoms with E-state index >= 15 is 0 Å². The van der Waals surface area contributed by atoms with Gasteiger partial charge >= 0.3 is 5.97 Å². The number of carboxylic acid groups (broad SMARTS) is 1. The van der Waals surface area contributed by atoms with E-state index in [1.807, 2.05) is 6.92 Å². The molecule has 0 unspecified atom stereocenters. The fourth-order valence-electron chi connectivity index (χ4n) is 1.77. The van der Waals surface area contributed by atoms with Crippen molar-refractivity contribution in [3.63, 3.8) is 0 Å². The molecule has 20 heavy (non-hydrogen) atoms. The zero-order valence-electron chi connectivity index (χ0n) is 10.5. The minimum Gasteiger partial charge on any atom is -0.478 e. The summed E-state index contributed by atoms with van der Waals surface area (Å²) >= 11 is 0. The maximum atomic E-state index is 12.9. The Morgan fingerprint density at radius 1 is 1.40 bits per heavy atom. The summed E-state index contributed by atoms with van der Waals surface area (Å²) in [5.74, 6) is -1.48. The first kappa shape index (κ1) is 14.0. The van der Waals surface area contributed by atoms with Crippen LogP contribution < -0.4 is 0 Å². The first-order valence-corrected chi connectivity index (χ1v) is 5.87. The van der Waals surface area contributed by atoms with Gasteiger partial charge in [-0.3, -0.25) is 4.98 Å². The van der Waals surface area contributed by atoms with E-state index in [0.717, 1.165) is 11.8 Å². The van der Waals surface area contributed by atoms with E-state index in [9.17, 15) is 13.6 Å². The Balaban J connectivity index is 2.59. The van der Waals surface area contributed by atoms with Crippen molar-refractivity contribution >= 4 is 5.97 Å².